The molecule has 4 amide bonds. The summed E-state index contributed by atoms with van der Waals surface area (Å²) in [6, 6.07) is 15.9. The van der Waals surface area contributed by atoms with E-state index >= 15 is 0 Å². The molecule has 2 heterocycles. The van der Waals surface area contributed by atoms with Crippen LogP contribution in [0.4, 0.5) is 10.5 Å². The highest BCUT2D eigenvalue weighted by Gasteiger charge is 2.37. The number of nitrogens with one attached hydrogen (secondary N) is 1. The summed E-state index contributed by atoms with van der Waals surface area (Å²) >= 11 is 6.02. The van der Waals surface area contributed by atoms with Gasteiger partial charge in [0.15, 0.2) is 0 Å². The van der Waals surface area contributed by atoms with Crippen LogP contribution in [0.2, 0.25) is 5.02 Å². The second-order valence-corrected chi connectivity index (χ2v) is 8.93. The number of barbiturate groups is 1. The Hall–Kier alpha value is -3.64. The monoisotopic (exact) mass is 475 g/mol. The van der Waals surface area contributed by atoms with Crippen LogP contribution in [0.15, 0.2) is 60.2 Å². The van der Waals surface area contributed by atoms with Gasteiger partial charge >= 0.3 is 6.03 Å². The molecule has 0 aliphatic carbocycles. The molecule has 0 unspecified atom stereocenters. The average molecular weight is 476 g/mol. The maximum Gasteiger partial charge on any atom is 0.335 e. The first kappa shape index (κ1) is 23.5. The Bertz CT molecular complexity index is 1300. The average Bonchev–Trinajstić information content (AvgIpc) is 3.09. The number of rotatable bonds is 5. The Morgan fingerprint density at radius 3 is 2.21 bits per heavy atom. The summed E-state index contributed by atoms with van der Waals surface area (Å²) in [5, 5.41) is 2.93. The molecule has 0 saturated carbocycles. The van der Waals surface area contributed by atoms with Gasteiger partial charge in [-0.1, -0.05) is 37.6 Å². The third-order valence-electron chi connectivity index (χ3n) is 6.29. The molecule has 2 aromatic carbocycles. The van der Waals surface area contributed by atoms with Gasteiger partial charge in [0.2, 0.25) is 0 Å². The van der Waals surface area contributed by atoms with Crippen LogP contribution in [-0.4, -0.2) is 22.4 Å². The van der Waals surface area contributed by atoms with Crippen LogP contribution in [0.25, 0.3) is 11.8 Å². The zero-order valence-corrected chi connectivity index (χ0v) is 20.3. The maximum atomic E-state index is 13.3. The normalized spacial score (nSPS) is 16.2. The van der Waals surface area contributed by atoms with Crippen LogP contribution in [0.5, 0.6) is 0 Å². The van der Waals surface area contributed by atoms with Gasteiger partial charge in [0.05, 0.1) is 5.69 Å². The molecule has 0 radical (unpaired) electrons. The Kier molecular flexibility index (Phi) is 6.44. The summed E-state index contributed by atoms with van der Waals surface area (Å²) in [5.74, 6) is -0.993. The van der Waals surface area contributed by atoms with Crippen molar-refractivity contribution in [2.45, 2.75) is 40.0 Å². The molecule has 1 aromatic heterocycles. The Balaban J connectivity index is 1.70. The van der Waals surface area contributed by atoms with Gasteiger partial charge in [-0.15, -0.1) is 0 Å². The summed E-state index contributed by atoms with van der Waals surface area (Å²) in [5.41, 5.74) is 4.87. The number of benzene rings is 2. The summed E-state index contributed by atoms with van der Waals surface area (Å²) in [6.45, 7) is 8.08. The Labute approximate surface area is 203 Å². The van der Waals surface area contributed by atoms with Crippen molar-refractivity contribution in [2.75, 3.05) is 4.90 Å². The molecular weight excluding hydrogens is 450 g/mol. The van der Waals surface area contributed by atoms with Gasteiger partial charge in [0, 0.05) is 22.1 Å². The summed E-state index contributed by atoms with van der Waals surface area (Å²) in [4.78, 5) is 39.5. The fraction of sp³-hybridized carbons (Fsp3) is 0.222. The maximum absolute atomic E-state index is 13.3. The van der Waals surface area contributed by atoms with E-state index in [0.717, 1.165) is 34.0 Å². The number of urea groups is 1. The van der Waals surface area contributed by atoms with Crippen molar-refractivity contribution >= 4 is 41.2 Å². The highest BCUT2D eigenvalue weighted by atomic mass is 35.5. The molecular formula is C27H26ClN3O3. The molecule has 1 fully saturated rings. The molecule has 0 bridgehead atoms. The SMILES string of the molecule is CC[C@H](C)c1ccc(N2C(=O)NC(=O)/C(=C\c3cc(C)n(-c4ccc(Cl)cc4)c3C)C2=O)cc1. The van der Waals surface area contributed by atoms with Gasteiger partial charge in [-0.2, -0.15) is 0 Å². The topological polar surface area (TPSA) is 71.4 Å². The van der Waals surface area contributed by atoms with E-state index in [1.165, 1.54) is 0 Å². The predicted octanol–water partition coefficient (Wildman–Crippen LogP) is 5.93. The van der Waals surface area contributed by atoms with E-state index in [1.807, 2.05) is 60.9 Å². The highest BCUT2D eigenvalue weighted by molar-refractivity contribution is 6.39. The lowest BCUT2D eigenvalue weighted by atomic mass is 9.98. The fourth-order valence-electron chi connectivity index (χ4n) is 4.16. The van der Waals surface area contributed by atoms with Crippen molar-refractivity contribution in [3.05, 3.63) is 87.7 Å². The largest absolute Gasteiger partial charge is 0.335 e. The first-order valence-corrected chi connectivity index (χ1v) is 11.5. The van der Waals surface area contributed by atoms with Crippen molar-refractivity contribution in [2.24, 2.45) is 0 Å². The lowest BCUT2D eigenvalue weighted by Gasteiger charge is -2.26. The number of nitrogens with zero attached hydrogens (tertiary/aromatic N) is 2. The summed E-state index contributed by atoms with van der Waals surface area (Å²) in [6.07, 6.45) is 2.53. The molecule has 1 N–H and O–H groups in total. The second kappa shape index (κ2) is 9.31. The van der Waals surface area contributed by atoms with E-state index < -0.39 is 17.8 Å². The van der Waals surface area contributed by atoms with E-state index in [0.29, 0.717) is 22.2 Å². The van der Waals surface area contributed by atoms with Gasteiger partial charge in [-0.25, -0.2) is 9.69 Å². The number of aryl methyl sites for hydroxylation is 1. The van der Waals surface area contributed by atoms with Crippen LogP contribution in [0, 0.1) is 13.8 Å². The molecule has 7 heteroatoms. The molecule has 3 aromatic rings. The number of amides is 4. The van der Waals surface area contributed by atoms with Gasteiger partial charge in [-0.05, 0) is 85.9 Å². The number of hydrogen-bond acceptors (Lipinski definition) is 3. The summed E-state index contributed by atoms with van der Waals surface area (Å²) < 4.78 is 2.02. The van der Waals surface area contributed by atoms with Crippen LogP contribution in [0.3, 0.4) is 0 Å². The molecule has 1 aliphatic heterocycles. The minimum atomic E-state index is -0.755. The zero-order valence-electron chi connectivity index (χ0n) is 19.6. The minimum Gasteiger partial charge on any atom is -0.318 e. The number of aromatic nitrogens is 1. The molecule has 1 saturated heterocycles. The highest BCUT2D eigenvalue weighted by Crippen LogP contribution is 2.28. The van der Waals surface area contributed by atoms with E-state index in [-0.39, 0.29) is 5.57 Å². The third-order valence-corrected chi connectivity index (χ3v) is 6.54. The lowest BCUT2D eigenvalue weighted by Crippen LogP contribution is -2.54. The van der Waals surface area contributed by atoms with E-state index in [1.54, 1.807) is 18.2 Å². The van der Waals surface area contributed by atoms with Gasteiger partial charge < -0.3 is 4.57 Å². The number of imide groups is 2. The van der Waals surface area contributed by atoms with Crippen LogP contribution in [0.1, 0.15) is 48.7 Å². The third kappa shape index (κ3) is 4.29. The van der Waals surface area contributed by atoms with Gasteiger partial charge in [0.1, 0.15) is 5.57 Å². The number of hydrogen-bond donors (Lipinski definition) is 1. The van der Waals surface area contributed by atoms with Crippen molar-refractivity contribution in [1.82, 2.24) is 9.88 Å². The van der Waals surface area contributed by atoms with Gasteiger partial charge in [0.25, 0.3) is 11.8 Å². The van der Waals surface area contributed by atoms with Crippen molar-refractivity contribution in [1.29, 1.82) is 0 Å². The van der Waals surface area contributed by atoms with Gasteiger partial charge in [-0.3, -0.25) is 14.9 Å². The van der Waals surface area contributed by atoms with Crippen molar-refractivity contribution in [3.8, 4) is 5.69 Å². The molecule has 174 valence electrons. The number of carbonyl (C=O) groups excluding carboxylic acids is 3. The van der Waals surface area contributed by atoms with E-state index in [2.05, 4.69) is 19.2 Å². The molecule has 1 aliphatic rings. The van der Waals surface area contributed by atoms with E-state index in [9.17, 15) is 14.4 Å². The van der Waals surface area contributed by atoms with E-state index in [4.69, 9.17) is 11.6 Å². The molecule has 0 spiro atoms. The molecule has 6 nitrogen and oxygen atoms in total. The number of halogens is 1. The Morgan fingerprint density at radius 2 is 1.59 bits per heavy atom. The number of anilines is 1. The van der Waals surface area contributed by atoms with Crippen LogP contribution < -0.4 is 10.2 Å². The Morgan fingerprint density at radius 1 is 0.971 bits per heavy atom. The standard InChI is InChI=1S/C27H26ClN3O3/c1-5-16(2)19-6-10-23(11-7-19)31-26(33)24(25(32)29-27(31)34)15-20-14-17(3)30(18(20)4)22-12-8-21(28)9-13-22/h6-16H,5H2,1-4H3,(H,29,32,34)/b24-15+/t16-/m0/s1. The number of carbonyl (C=O) groups is 3. The smallest absolute Gasteiger partial charge is 0.318 e. The zero-order chi connectivity index (χ0) is 24.6. The van der Waals surface area contributed by atoms with Crippen LogP contribution in [-0.2, 0) is 9.59 Å². The molecule has 1 atom stereocenters. The minimum absolute atomic E-state index is 0.0954. The molecule has 34 heavy (non-hydrogen) atoms. The lowest BCUT2D eigenvalue weighted by molar-refractivity contribution is -0.122. The first-order chi connectivity index (χ1) is 16.2. The van der Waals surface area contributed by atoms with Crippen molar-refractivity contribution in [3.63, 3.8) is 0 Å². The quantitative estimate of drug-likeness (QED) is 0.367. The second-order valence-electron chi connectivity index (χ2n) is 8.50. The summed E-state index contributed by atoms with van der Waals surface area (Å²) in [7, 11) is 0. The molecule has 4 rings (SSSR count). The predicted molar refractivity (Wildman–Crippen MR) is 134 cm³/mol. The first-order valence-electron chi connectivity index (χ1n) is 11.2. The van der Waals surface area contributed by atoms with Crippen LogP contribution >= 0.6 is 11.6 Å². The van der Waals surface area contributed by atoms with Crippen molar-refractivity contribution < 1.29 is 14.4 Å². The fourth-order valence-corrected chi connectivity index (χ4v) is 4.28.